The fourth-order valence-corrected chi connectivity index (χ4v) is 2.39. The maximum absolute atomic E-state index is 13.9. The molecule has 0 saturated carbocycles. The molecule has 3 nitrogen and oxygen atoms in total. The first kappa shape index (κ1) is 12.3. The molecule has 0 bridgehead atoms. The largest absolute Gasteiger partial charge is 0.396 e. The van der Waals surface area contributed by atoms with Crippen molar-refractivity contribution in [3.8, 4) is 0 Å². The first-order chi connectivity index (χ1) is 8.13. The van der Waals surface area contributed by atoms with Crippen molar-refractivity contribution in [2.75, 3.05) is 24.6 Å². The van der Waals surface area contributed by atoms with Gasteiger partial charge in [0.2, 0.25) is 0 Å². The molecule has 1 unspecified atom stereocenters. The Kier molecular flexibility index (Phi) is 3.64. The Labute approximate surface area is 100 Å². The van der Waals surface area contributed by atoms with E-state index in [9.17, 15) is 9.50 Å². The van der Waals surface area contributed by atoms with Crippen LogP contribution in [0, 0.1) is 11.7 Å². The van der Waals surface area contributed by atoms with Crippen molar-refractivity contribution in [3.05, 3.63) is 29.6 Å². The highest BCUT2D eigenvalue weighted by molar-refractivity contribution is 5.56. The minimum absolute atomic E-state index is 0.134. The zero-order valence-corrected chi connectivity index (χ0v) is 9.93. The first-order valence-corrected chi connectivity index (χ1v) is 5.95. The summed E-state index contributed by atoms with van der Waals surface area (Å²) in [5.41, 5.74) is 1.10. The van der Waals surface area contributed by atoms with Crippen molar-refractivity contribution < 1.29 is 14.6 Å². The van der Waals surface area contributed by atoms with Crippen LogP contribution in [-0.4, -0.2) is 29.9 Å². The van der Waals surface area contributed by atoms with Crippen molar-refractivity contribution in [3.63, 3.8) is 0 Å². The Hall–Kier alpha value is -1.13. The van der Waals surface area contributed by atoms with E-state index < -0.39 is 6.10 Å². The lowest BCUT2D eigenvalue weighted by atomic mass is 10.1. The fourth-order valence-electron chi connectivity index (χ4n) is 2.39. The third-order valence-corrected chi connectivity index (χ3v) is 3.33. The second-order valence-corrected chi connectivity index (χ2v) is 4.64. The van der Waals surface area contributed by atoms with Gasteiger partial charge in [-0.3, -0.25) is 0 Å². The van der Waals surface area contributed by atoms with E-state index in [-0.39, 0.29) is 18.3 Å². The number of rotatable bonds is 3. The smallest absolute Gasteiger partial charge is 0.146 e. The van der Waals surface area contributed by atoms with E-state index >= 15 is 0 Å². The van der Waals surface area contributed by atoms with E-state index in [1.807, 2.05) is 4.90 Å². The highest BCUT2D eigenvalue weighted by Gasteiger charge is 2.26. The van der Waals surface area contributed by atoms with Crippen LogP contribution in [0.15, 0.2) is 18.2 Å². The number of nitrogens with zero attached hydrogens (tertiary/aromatic N) is 1. The Balaban J connectivity index is 2.31. The SMILES string of the molecule is C[C@@H](O)c1cccc(F)c1N1CCC(CO)C1. The van der Waals surface area contributed by atoms with Gasteiger partial charge in [-0.1, -0.05) is 12.1 Å². The molecule has 1 aliphatic rings. The molecule has 0 aromatic heterocycles. The molecule has 1 fully saturated rings. The number of benzene rings is 1. The summed E-state index contributed by atoms with van der Waals surface area (Å²) >= 11 is 0. The van der Waals surface area contributed by atoms with Crippen LogP contribution in [-0.2, 0) is 0 Å². The van der Waals surface area contributed by atoms with Crippen LogP contribution in [0.2, 0.25) is 0 Å². The first-order valence-electron chi connectivity index (χ1n) is 5.95. The highest BCUT2D eigenvalue weighted by Crippen LogP contribution is 2.32. The van der Waals surface area contributed by atoms with Gasteiger partial charge in [0.15, 0.2) is 0 Å². The van der Waals surface area contributed by atoms with E-state index in [0.717, 1.165) is 13.0 Å². The number of hydrogen-bond acceptors (Lipinski definition) is 3. The van der Waals surface area contributed by atoms with Crippen molar-refractivity contribution in [1.82, 2.24) is 0 Å². The Morgan fingerprint density at radius 2 is 2.29 bits per heavy atom. The second kappa shape index (κ2) is 5.02. The number of hydrogen-bond donors (Lipinski definition) is 2. The average molecular weight is 239 g/mol. The lowest BCUT2D eigenvalue weighted by molar-refractivity contribution is 0.199. The van der Waals surface area contributed by atoms with E-state index in [2.05, 4.69) is 0 Å². The third-order valence-electron chi connectivity index (χ3n) is 3.33. The summed E-state index contributed by atoms with van der Waals surface area (Å²) in [5.74, 6) is -0.0987. The van der Waals surface area contributed by atoms with E-state index in [4.69, 9.17) is 5.11 Å². The number of anilines is 1. The highest BCUT2D eigenvalue weighted by atomic mass is 19.1. The molecule has 1 heterocycles. The molecule has 1 saturated heterocycles. The molecule has 17 heavy (non-hydrogen) atoms. The number of aliphatic hydroxyl groups is 2. The Bertz CT molecular complexity index is 395. The molecule has 0 aliphatic carbocycles. The Morgan fingerprint density at radius 1 is 1.53 bits per heavy atom. The zero-order valence-electron chi connectivity index (χ0n) is 9.93. The van der Waals surface area contributed by atoms with Crippen LogP contribution in [0.4, 0.5) is 10.1 Å². The second-order valence-electron chi connectivity index (χ2n) is 4.64. The van der Waals surface area contributed by atoms with Crippen LogP contribution in [0.5, 0.6) is 0 Å². The molecule has 0 radical (unpaired) electrons. The van der Waals surface area contributed by atoms with Crippen LogP contribution in [0.1, 0.15) is 25.0 Å². The van der Waals surface area contributed by atoms with Crippen molar-refractivity contribution >= 4 is 5.69 Å². The molecule has 0 amide bonds. The molecule has 1 aromatic carbocycles. The average Bonchev–Trinajstić information content (AvgIpc) is 2.76. The van der Waals surface area contributed by atoms with Gasteiger partial charge in [0, 0.05) is 31.2 Å². The van der Waals surface area contributed by atoms with Gasteiger partial charge in [0.25, 0.3) is 0 Å². The van der Waals surface area contributed by atoms with Gasteiger partial charge in [-0.05, 0) is 19.4 Å². The molecule has 2 atom stereocenters. The van der Waals surface area contributed by atoms with Gasteiger partial charge in [0.1, 0.15) is 5.82 Å². The quantitative estimate of drug-likeness (QED) is 0.843. The summed E-state index contributed by atoms with van der Waals surface area (Å²) in [6.07, 6.45) is 0.179. The number of aliphatic hydroxyl groups excluding tert-OH is 2. The standard InChI is InChI=1S/C13H18FNO2/c1-9(17)11-3-2-4-12(14)13(11)15-6-5-10(7-15)8-16/h2-4,9-10,16-17H,5-8H2,1H3/t9-,10?/m1/s1. The van der Waals surface area contributed by atoms with Gasteiger partial charge in [-0.15, -0.1) is 0 Å². The maximum Gasteiger partial charge on any atom is 0.146 e. The summed E-state index contributed by atoms with van der Waals surface area (Å²) in [4.78, 5) is 1.91. The van der Waals surface area contributed by atoms with Crippen molar-refractivity contribution in [2.45, 2.75) is 19.4 Å². The third kappa shape index (κ3) is 2.42. The van der Waals surface area contributed by atoms with Gasteiger partial charge in [-0.25, -0.2) is 4.39 Å². The molecule has 2 rings (SSSR count). The van der Waals surface area contributed by atoms with Crippen LogP contribution in [0.25, 0.3) is 0 Å². The lowest BCUT2D eigenvalue weighted by Gasteiger charge is -2.23. The zero-order chi connectivity index (χ0) is 12.4. The molecule has 94 valence electrons. The molecule has 1 aliphatic heterocycles. The summed E-state index contributed by atoms with van der Waals surface area (Å²) in [5, 5.41) is 18.8. The lowest BCUT2D eigenvalue weighted by Crippen LogP contribution is -2.23. The van der Waals surface area contributed by atoms with Crippen molar-refractivity contribution in [1.29, 1.82) is 0 Å². The van der Waals surface area contributed by atoms with E-state index in [0.29, 0.717) is 17.8 Å². The van der Waals surface area contributed by atoms with Gasteiger partial charge >= 0.3 is 0 Å². The summed E-state index contributed by atoms with van der Waals surface area (Å²) in [7, 11) is 0. The van der Waals surface area contributed by atoms with Gasteiger partial charge < -0.3 is 15.1 Å². The minimum atomic E-state index is -0.686. The predicted octanol–water partition coefficient (Wildman–Crippen LogP) is 1.70. The van der Waals surface area contributed by atoms with Gasteiger partial charge in [0.05, 0.1) is 11.8 Å². The normalized spacial score (nSPS) is 21.9. The number of halogens is 1. The Morgan fingerprint density at radius 3 is 2.88 bits per heavy atom. The molecular formula is C13H18FNO2. The van der Waals surface area contributed by atoms with E-state index in [1.165, 1.54) is 6.07 Å². The monoisotopic (exact) mass is 239 g/mol. The van der Waals surface area contributed by atoms with Crippen molar-refractivity contribution in [2.24, 2.45) is 5.92 Å². The number of para-hydroxylation sites is 1. The summed E-state index contributed by atoms with van der Waals surface area (Å²) in [6, 6.07) is 4.77. The maximum atomic E-state index is 13.9. The van der Waals surface area contributed by atoms with E-state index in [1.54, 1.807) is 19.1 Å². The van der Waals surface area contributed by atoms with Crippen LogP contribution in [0.3, 0.4) is 0 Å². The topological polar surface area (TPSA) is 43.7 Å². The molecule has 2 N–H and O–H groups in total. The molecule has 1 aromatic rings. The predicted molar refractivity (Wildman–Crippen MR) is 64.4 cm³/mol. The van der Waals surface area contributed by atoms with Crippen LogP contribution >= 0.6 is 0 Å². The molecular weight excluding hydrogens is 221 g/mol. The minimum Gasteiger partial charge on any atom is -0.396 e. The molecule has 4 heteroatoms. The fraction of sp³-hybridized carbons (Fsp3) is 0.538. The summed E-state index contributed by atoms with van der Waals surface area (Å²) < 4.78 is 13.9. The summed E-state index contributed by atoms with van der Waals surface area (Å²) in [6.45, 7) is 3.15. The van der Waals surface area contributed by atoms with Crippen LogP contribution < -0.4 is 4.90 Å². The van der Waals surface area contributed by atoms with Gasteiger partial charge in [-0.2, -0.15) is 0 Å². The molecule has 0 spiro atoms.